The Morgan fingerprint density at radius 2 is 1.87 bits per heavy atom. The van der Waals surface area contributed by atoms with Crippen molar-refractivity contribution in [3.05, 3.63) is 52.0 Å². The predicted octanol–water partition coefficient (Wildman–Crippen LogP) is 3.98. The van der Waals surface area contributed by atoms with E-state index >= 15 is 0 Å². The monoisotopic (exact) mass is 373 g/mol. The molecule has 1 amide bonds. The van der Waals surface area contributed by atoms with E-state index in [0.29, 0.717) is 17.1 Å². The van der Waals surface area contributed by atoms with Crippen molar-refractivity contribution in [3.63, 3.8) is 0 Å². The second kappa shape index (κ2) is 6.08. The summed E-state index contributed by atoms with van der Waals surface area (Å²) in [5.74, 6) is 1.18. The zero-order valence-corrected chi connectivity index (χ0v) is 14.7. The lowest BCUT2D eigenvalue weighted by Crippen LogP contribution is -2.20. The van der Waals surface area contributed by atoms with E-state index in [4.69, 9.17) is 9.47 Å². The number of carbonyl (C=O) groups excluding carboxylic acids is 1. The van der Waals surface area contributed by atoms with E-state index in [-0.39, 0.29) is 5.91 Å². The number of para-hydroxylation sites is 1. The summed E-state index contributed by atoms with van der Waals surface area (Å²) in [6, 6.07) is 11.5. The number of methoxy groups -OCH3 is 2. The fourth-order valence-corrected chi connectivity index (χ4v) is 3.21. The normalized spacial score (nSPS) is 15.0. The zero-order chi connectivity index (χ0) is 16.6. The Labute approximate surface area is 143 Å². The molecule has 0 aromatic heterocycles. The van der Waals surface area contributed by atoms with Crippen LogP contribution >= 0.6 is 15.9 Å². The maximum absolute atomic E-state index is 12.6. The second-order valence-corrected chi connectivity index (χ2v) is 6.09. The van der Waals surface area contributed by atoms with Gasteiger partial charge in [-0.25, -0.2) is 0 Å². The number of nitrogens with zero attached hydrogens (tertiary/aromatic N) is 1. The van der Waals surface area contributed by atoms with Crippen molar-refractivity contribution in [1.82, 2.24) is 0 Å². The van der Waals surface area contributed by atoms with Crippen LogP contribution in [-0.2, 0) is 4.79 Å². The van der Waals surface area contributed by atoms with Gasteiger partial charge >= 0.3 is 0 Å². The third-order valence-electron chi connectivity index (χ3n) is 3.86. The minimum absolute atomic E-state index is 0.0350. The molecule has 1 heterocycles. The van der Waals surface area contributed by atoms with E-state index in [1.807, 2.05) is 42.5 Å². The Kier molecular flexibility index (Phi) is 4.13. The number of rotatable bonds is 3. The highest BCUT2D eigenvalue weighted by Gasteiger charge is 2.29. The SMILES string of the molecule is COc1cc(Br)cc(/C=C2/C(=O)N(C)c3ccccc32)c1OC. The molecule has 0 radical (unpaired) electrons. The van der Waals surface area contributed by atoms with Gasteiger partial charge in [-0.2, -0.15) is 0 Å². The molecule has 4 nitrogen and oxygen atoms in total. The van der Waals surface area contributed by atoms with Crippen molar-refractivity contribution in [3.8, 4) is 11.5 Å². The number of amides is 1. The summed E-state index contributed by atoms with van der Waals surface area (Å²) in [4.78, 5) is 14.2. The third-order valence-corrected chi connectivity index (χ3v) is 4.32. The van der Waals surface area contributed by atoms with Crippen molar-refractivity contribution in [2.75, 3.05) is 26.2 Å². The second-order valence-electron chi connectivity index (χ2n) is 5.17. The minimum Gasteiger partial charge on any atom is -0.493 e. The summed E-state index contributed by atoms with van der Waals surface area (Å²) >= 11 is 3.47. The molecular weight excluding hydrogens is 358 g/mol. The van der Waals surface area contributed by atoms with Gasteiger partial charge in [-0.1, -0.05) is 34.1 Å². The molecule has 2 aromatic rings. The van der Waals surface area contributed by atoms with Crippen LogP contribution in [0.3, 0.4) is 0 Å². The van der Waals surface area contributed by atoms with Crippen LogP contribution in [0, 0.1) is 0 Å². The van der Waals surface area contributed by atoms with Gasteiger partial charge < -0.3 is 14.4 Å². The first-order chi connectivity index (χ1) is 11.1. The molecule has 118 valence electrons. The molecule has 0 bridgehead atoms. The number of fused-ring (bicyclic) bond motifs is 1. The van der Waals surface area contributed by atoms with Crippen LogP contribution in [0.2, 0.25) is 0 Å². The standard InChI is InChI=1S/C18H16BrNO3/c1-20-15-7-5-4-6-13(15)14(18(20)21)9-11-8-12(19)10-16(22-2)17(11)23-3/h4-10H,1-3H3/b14-9+. The van der Waals surface area contributed by atoms with Gasteiger partial charge in [-0.15, -0.1) is 0 Å². The average Bonchev–Trinajstić information content (AvgIpc) is 2.80. The lowest BCUT2D eigenvalue weighted by molar-refractivity contribution is -0.112. The van der Waals surface area contributed by atoms with E-state index in [9.17, 15) is 4.79 Å². The first kappa shape index (κ1) is 15.6. The predicted molar refractivity (Wildman–Crippen MR) is 95.0 cm³/mol. The van der Waals surface area contributed by atoms with E-state index in [1.165, 1.54) is 0 Å². The van der Waals surface area contributed by atoms with Crippen LogP contribution < -0.4 is 14.4 Å². The number of benzene rings is 2. The molecule has 0 spiro atoms. The Bertz CT molecular complexity index is 814. The topological polar surface area (TPSA) is 38.8 Å². The molecule has 0 atom stereocenters. The van der Waals surface area contributed by atoms with Crippen molar-refractivity contribution in [1.29, 1.82) is 0 Å². The highest BCUT2D eigenvalue weighted by Crippen LogP contribution is 2.40. The minimum atomic E-state index is -0.0350. The van der Waals surface area contributed by atoms with Gasteiger partial charge in [0.05, 0.1) is 19.9 Å². The molecule has 0 aliphatic carbocycles. The van der Waals surface area contributed by atoms with Gasteiger partial charge in [0, 0.05) is 28.2 Å². The maximum Gasteiger partial charge on any atom is 0.258 e. The quantitative estimate of drug-likeness (QED) is 0.763. The lowest BCUT2D eigenvalue weighted by Gasteiger charge is -2.12. The van der Waals surface area contributed by atoms with Crippen molar-refractivity contribution >= 4 is 39.2 Å². The first-order valence-corrected chi connectivity index (χ1v) is 7.86. The van der Waals surface area contributed by atoms with E-state index in [0.717, 1.165) is 21.3 Å². The summed E-state index contributed by atoms with van der Waals surface area (Å²) in [7, 11) is 4.95. The van der Waals surface area contributed by atoms with Gasteiger partial charge in [-0.3, -0.25) is 4.79 Å². The number of hydrogen-bond acceptors (Lipinski definition) is 3. The number of ether oxygens (including phenoxy) is 2. The van der Waals surface area contributed by atoms with E-state index < -0.39 is 0 Å². The fraction of sp³-hybridized carbons (Fsp3) is 0.167. The number of anilines is 1. The molecular formula is C18H16BrNO3. The molecule has 1 aliphatic heterocycles. The summed E-state index contributed by atoms with van der Waals surface area (Å²) in [5, 5.41) is 0. The van der Waals surface area contributed by atoms with Gasteiger partial charge in [-0.05, 0) is 24.3 Å². The number of carbonyl (C=O) groups is 1. The van der Waals surface area contributed by atoms with Crippen LogP contribution in [0.15, 0.2) is 40.9 Å². The van der Waals surface area contributed by atoms with Crippen LogP contribution in [-0.4, -0.2) is 27.2 Å². The number of likely N-dealkylation sites (N-methyl/N-ethyl adjacent to an activating group) is 1. The summed E-state index contributed by atoms with van der Waals surface area (Å²) in [6.07, 6.45) is 1.84. The molecule has 1 aliphatic rings. The summed E-state index contributed by atoms with van der Waals surface area (Å²) < 4.78 is 11.7. The number of hydrogen-bond donors (Lipinski definition) is 0. The Morgan fingerprint density at radius 1 is 1.13 bits per heavy atom. The first-order valence-electron chi connectivity index (χ1n) is 7.07. The molecule has 0 fully saturated rings. The molecule has 5 heteroatoms. The Morgan fingerprint density at radius 3 is 2.57 bits per heavy atom. The zero-order valence-electron chi connectivity index (χ0n) is 13.1. The van der Waals surface area contributed by atoms with E-state index in [1.54, 1.807) is 26.2 Å². The molecule has 0 saturated heterocycles. The highest BCUT2D eigenvalue weighted by atomic mass is 79.9. The molecule has 23 heavy (non-hydrogen) atoms. The molecule has 2 aromatic carbocycles. The van der Waals surface area contributed by atoms with Gasteiger partial charge in [0.1, 0.15) is 0 Å². The molecule has 0 unspecified atom stereocenters. The molecule has 0 N–H and O–H groups in total. The summed E-state index contributed by atoms with van der Waals surface area (Å²) in [6.45, 7) is 0. The van der Waals surface area contributed by atoms with Crippen LogP contribution in [0.1, 0.15) is 11.1 Å². The van der Waals surface area contributed by atoms with Gasteiger partial charge in [0.15, 0.2) is 11.5 Å². The fourth-order valence-electron chi connectivity index (χ4n) is 2.76. The van der Waals surface area contributed by atoms with Crippen molar-refractivity contribution in [2.45, 2.75) is 0 Å². The van der Waals surface area contributed by atoms with Crippen LogP contribution in [0.4, 0.5) is 5.69 Å². The molecule has 0 saturated carbocycles. The molecule has 3 rings (SSSR count). The average molecular weight is 374 g/mol. The largest absolute Gasteiger partial charge is 0.493 e. The van der Waals surface area contributed by atoms with Crippen molar-refractivity contribution < 1.29 is 14.3 Å². The lowest BCUT2D eigenvalue weighted by atomic mass is 10.0. The van der Waals surface area contributed by atoms with Crippen LogP contribution in [0.25, 0.3) is 11.6 Å². The van der Waals surface area contributed by atoms with Crippen LogP contribution in [0.5, 0.6) is 11.5 Å². The number of halogens is 1. The van der Waals surface area contributed by atoms with Gasteiger partial charge in [0.25, 0.3) is 5.91 Å². The summed E-state index contributed by atoms with van der Waals surface area (Å²) in [5.41, 5.74) is 3.25. The van der Waals surface area contributed by atoms with Gasteiger partial charge in [0.2, 0.25) is 0 Å². The maximum atomic E-state index is 12.6. The Balaban J connectivity index is 2.20. The highest BCUT2D eigenvalue weighted by molar-refractivity contribution is 9.10. The van der Waals surface area contributed by atoms with E-state index in [2.05, 4.69) is 15.9 Å². The smallest absolute Gasteiger partial charge is 0.258 e. The third kappa shape index (κ3) is 2.61. The Hall–Kier alpha value is -2.27. The van der Waals surface area contributed by atoms with Crippen molar-refractivity contribution in [2.24, 2.45) is 0 Å².